The van der Waals surface area contributed by atoms with Crippen LogP contribution in [0.1, 0.15) is 53.7 Å². The summed E-state index contributed by atoms with van der Waals surface area (Å²) >= 11 is 0. The smallest absolute Gasteiger partial charge is 0.121 e. The predicted molar refractivity (Wildman–Crippen MR) is 76.1 cm³/mol. The molecular formula is C17H19NO. The maximum atomic E-state index is 10.6. The van der Waals surface area contributed by atoms with Crippen LogP contribution in [-0.4, -0.2) is 10.1 Å². The lowest BCUT2D eigenvalue weighted by atomic mass is 9.77. The molecule has 1 saturated carbocycles. The van der Waals surface area contributed by atoms with Gasteiger partial charge in [0.25, 0.3) is 0 Å². The number of aliphatic hydroxyl groups excluding tert-OH is 1. The molecule has 3 rings (SSSR count). The summed E-state index contributed by atoms with van der Waals surface area (Å²) < 4.78 is 0. The largest absolute Gasteiger partial charge is 0.382 e. The summed E-state index contributed by atoms with van der Waals surface area (Å²) in [5, 5.41) is 10.6. The number of benzene rings is 1. The Labute approximate surface area is 114 Å². The van der Waals surface area contributed by atoms with Crippen LogP contribution in [0.2, 0.25) is 0 Å². The van der Waals surface area contributed by atoms with Crippen LogP contribution >= 0.6 is 0 Å². The lowest BCUT2D eigenvalue weighted by Crippen LogP contribution is -2.14. The van der Waals surface area contributed by atoms with E-state index in [9.17, 15) is 5.11 Å². The second-order valence-electron chi connectivity index (χ2n) is 5.42. The average Bonchev–Trinajstić information content (AvgIpc) is 2.37. The summed E-state index contributed by atoms with van der Waals surface area (Å²) in [4.78, 5) is 4.31. The molecule has 1 aromatic heterocycles. The highest BCUT2D eigenvalue weighted by atomic mass is 16.3. The third-order valence-corrected chi connectivity index (χ3v) is 4.05. The Balaban J connectivity index is 1.97. The zero-order valence-electron chi connectivity index (χ0n) is 11.2. The number of rotatable bonds is 3. The number of hydrogen-bond donors (Lipinski definition) is 1. The lowest BCUT2D eigenvalue weighted by Gasteiger charge is -2.29. The third-order valence-electron chi connectivity index (χ3n) is 4.05. The average molecular weight is 253 g/mol. The van der Waals surface area contributed by atoms with Gasteiger partial charge in [0.05, 0.1) is 5.69 Å². The van der Waals surface area contributed by atoms with E-state index in [1.165, 1.54) is 24.8 Å². The summed E-state index contributed by atoms with van der Waals surface area (Å²) in [5.74, 6) is 0.621. The number of aliphatic hydroxyl groups is 1. The SMILES string of the molecule is Cc1ccnc(C(O)c2ccccc2C2CCC2)c1. The van der Waals surface area contributed by atoms with Gasteiger partial charge in [0.2, 0.25) is 0 Å². The monoisotopic (exact) mass is 253 g/mol. The van der Waals surface area contributed by atoms with Crippen molar-refractivity contribution in [2.75, 3.05) is 0 Å². The fourth-order valence-corrected chi connectivity index (χ4v) is 2.72. The van der Waals surface area contributed by atoms with E-state index in [4.69, 9.17) is 0 Å². The molecule has 2 nitrogen and oxygen atoms in total. The standard InChI is InChI=1S/C17H19NO/c1-12-9-10-18-16(11-12)17(19)15-8-3-2-7-14(15)13-5-4-6-13/h2-3,7-11,13,17,19H,4-6H2,1H3. The van der Waals surface area contributed by atoms with Crippen LogP contribution in [0.15, 0.2) is 42.6 Å². The van der Waals surface area contributed by atoms with E-state index in [-0.39, 0.29) is 0 Å². The molecule has 1 unspecified atom stereocenters. The first-order valence-corrected chi connectivity index (χ1v) is 6.95. The van der Waals surface area contributed by atoms with Crippen molar-refractivity contribution < 1.29 is 5.11 Å². The van der Waals surface area contributed by atoms with Gasteiger partial charge in [-0.3, -0.25) is 4.98 Å². The van der Waals surface area contributed by atoms with Crippen LogP contribution in [-0.2, 0) is 0 Å². The number of pyridine rings is 1. The number of nitrogens with zero attached hydrogens (tertiary/aromatic N) is 1. The van der Waals surface area contributed by atoms with Gasteiger partial charge in [-0.2, -0.15) is 0 Å². The highest BCUT2D eigenvalue weighted by Crippen LogP contribution is 2.40. The molecule has 1 atom stereocenters. The molecule has 2 heteroatoms. The summed E-state index contributed by atoms with van der Waals surface area (Å²) in [7, 11) is 0. The van der Waals surface area contributed by atoms with Crippen LogP contribution in [0.4, 0.5) is 0 Å². The maximum Gasteiger partial charge on any atom is 0.121 e. The number of hydrogen-bond acceptors (Lipinski definition) is 2. The molecule has 0 spiro atoms. The maximum absolute atomic E-state index is 10.6. The lowest BCUT2D eigenvalue weighted by molar-refractivity contribution is 0.212. The predicted octanol–water partition coefficient (Wildman–Crippen LogP) is 3.74. The molecule has 2 aromatic rings. The molecule has 0 bridgehead atoms. The Kier molecular flexibility index (Phi) is 3.34. The van der Waals surface area contributed by atoms with Crippen molar-refractivity contribution in [3.63, 3.8) is 0 Å². The quantitative estimate of drug-likeness (QED) is 0.904. The van der Waals surface area contributed by atoms with Gasteiger partial charge >= 0.3 is 0 Å². The van der Waals surface area contributed by atoms with Crippen LogP contribution in [0.3, 0.4) is 0 Å². The van der Waals surface area contributed by atoms with Gasteiger partial charge in [0, 0.05) is 6.20 Å². The topological polar surface area (TPSA) is 33.1 Å². The second-order valence-corrected chi connectivity index (χ2v) is 5.42. The zero-order valence-corrected chi connectivity index (χ0v) is 11.2. The molecule has 98 valence electrons. The fourth-order valence-electron chi connectivity index (χ4n) is 2.72. The van der Waals surface area contributed by atoms with Crippen LogP contribution < -0.4 is 0 Å². The van der Waals surface area contributed by atoms with Gasteiger partial charge in [0.15, 0.2) is 0 Å². The summed E-state index contributed by atoms with van der Waals surface area (Å²) in [6, 6.07) is 12.2. The van der Waals surface area contributed by atoms with E-state index in [2.05, 4.69) is 17.1 Å². The molecule has 0 amide bonds. The van der Waals surface area contributed by atoms with Gasteiger partial charge in [-0.05, 0) is 54.5 Å². The zero-order chi connectivity index (χ0) is 13.2. The Bertz CT molecular complexity index is 575. The first-order chi connectivity index (χ1) is 9.25. The number of aryl methyl sites for hydroxylation is 1. The molecule has 19 heavy (non-hydrogen) atoms. The van der Waals surface area contributed by atoms with Crippen molar-refractivity contribution in [3.05, 3.63) is 65.0 Å². The minimum atomic E-state index is -0.614. The van der Waals surface area contributed by atoms with Crippen molar-refractivity contribution in [1.29, 1.82) is 0 Å². The molecule has 1 N–H and O–H groups in total. The molecule has 1 fully saturated rings. The summed E-state index contributed by atoms with van der Waals surface area (Å²) in [6.45, 7) is 2.02. The first-order valence-electron chi connectivity index (χ1n) is 6.95. The summed E-state index contributed by atoms with van der Waals surface area (Å²) in [5.41, 5.74) is 4.19. The van der Waals surface area contributed by atoms with E-state index in [1.54, 1.807) is 6.20 Å². The normalized spacial score (nSPS) is 16.9. The number of aromatic nitrogens is 1. The molecule has 0 saturated heterocycles. The first kappa shape index (κ1) is 12.4. The van der Waals surface area contributed by atoms with Gasteiger partial charge in [-0.25, -0.2) is 0 Å². The van der Waals surface area contributed by atoms with Crippen molar-refractivity contribution >= 4 is 0 Å². The van der Waals surface area contributed by atoms with Crippen molar-refractivity contribution in [2.24, 2.45) is 0 Å². The van der Waals surface area contributed by atoms with Crippen molar-refractivity contribution in [2.45, 2.75) is 38.2 Å². The fraction of sp³-hybridized carbons (Fsp3) is 0.353. The molecule has 0 radical (unpaired) electrons. The Morgan fingerprint density at radius 1 is 1.21 bits per heavy atom. The molecule has 0 aliphatic heterocycles. The van der Waals surface area contributed by atoms with E-state index < -0.39 is 6.10 Å². The Morgan fingerprint density at radius 2 is 2.00 bits per heavy atom. The van der Waals surface area contributed by atoms with Gasteiger partial charge in [0.1, 0.15) is 6.10 Å². The van der Waals surface area contributed by atoms with Crippen LogP contribution in [0, 0.1) is 6.92 Å². The van der Waals surface area contributed by atoms with Gasteiger partial charge in [-0.15, -0.1) is 0 Å². The molecule has 1 heterocycles. The molecule has 1 aliphatic carbocycles. The second kappa shape index (κ2) is 5.14. The molecule has 1 aliphatic rings. The van der Waals surface area contributed by atoms with Crippen LogP contribution in [0.5, 0.6) is 0 Å². The van der Waals surface area contributed by atoms with Crippen LogP contribution in [0.25, 0.3) is 0 Å². The van der Waals surface area contributed by atoms with E-state index in [0.717, 1.165) is 16.8 Å². The highest BCUT2D eigenvalue weighted by molar-refractivity contribution is 5.37. The summed E-state index contributed by atoms with van der Waals surface area (Å²) in [6.07, 6.45) is 4.94. The minimum Gasteiger partial charge on any atom is -0.382 e. The van der Waals surface area contributed by atoms with Gasteiger partial charge in [-0.1, -0.05) is 30.7 Å². The molecular weight excluding hydrogens is 234 g/mol. The third kappa shape index (κ3) is 2.41. The van der Waals surface area contributed by atoms with Gasteiger partial charge < -0.3 is 5.11 Å². The Morgan fingerprint density at radius 3 is 2.68 bits per heavy atom. The van der Waals surface area contributed by atoms with E-state index in [1.807, 2.05) is 31.2 Å². The van der Waals surface area contributed by atoms with E-state index in [0.29, 0.717) is 5.92 Å². The minimum absolute atomic E-state index is 0.614. The Hall–Kier alpha value is -1.67. The molecule has 1 aromatic carbocycles. The van der Waals surface area contributed by atoms with E-state index >= 15 is 0 Å². The highest BCUT2D eigenvalue weighted by Gasteiger charge is 2.25. The van der Waals surface area contributed by atoms with Crippen molar-refractivity contribution in [1.82, 2.24) is 4.98 Å². The van der Waals surface area contributed by atoms with Crippen molar-refractivity contribution in [3.8, 4) is 0 Å².